The van der Waals surface area contributed by atoms with E-state index in [1.165, 1.54) is 28.4 Å². The van der Waals surface area contributed by atoms with Crippen molar-refractivity contribution in [1.29, 1.82) is 5.26 Å². The van der Waals surface area contributed by atoms with Gasteiger partial charge in [0.25, 0.3) is 5.56 Å². The Morgan fingerprint density at radius 1 is 1.27 bits per heavy atom. The van der Waals surface area contributed by atoms with E-state index in [1.807, 2.05) is 41.8 Å². The zero-order valence-corrected chi connectivity index (χ0v) is 19.8. The average Bonchev–Trinajstić information content (AvgIpc) is 3.19. The second-order valence-corrected chi connectivity index (χ2v) is 8.30. The quantitative estimate of drug-likeness (QED) is 0.207. The minimum absolute atomic E-state index is 0.193. The number of unbranched alkanes of at least 4 members (excludes halogenated alkanes) is 1. The van der Waals surface area contributed by atoms with Crippen LogP contribution >= 0.6 is 11.8 Å². The molecule has 0 aliphatic heterocycles. The Hall–Kier alpha value is -3.51. The lowest BCUT2D eigenvalue weighted by Gasteiger charge is -2.14. The molecule has 2 aromatic heterocycles. The van der Waals surface area contributed by atoms with E-state index in [0.717, 1.165) is 24.3 Å². The monoisotopic (exact) mass is 465 g/mol. The number of hydrogen-bond donors (Lipinski definition) is 1. The summed E-state index contributed by atoms with van der Waals surface area (Å²) in [6, 6.07) is 11.8. The number of benzene rings is 1. The maximum Gasteiger partial charge on any atom is 0.330 e. The second kappa shape index (κ2) is 11.4. The van der Waals surface area contributed by atoms with Gasteiger partial charge < -0.3 is 10.1 Å². The second-order valence-electron chi connectivity index (χ2n) is 7.07. The van der Waals surface area contributed by atoms with Gasteiger partial charge in [-0.25, -0.2) is 4.79 Å². The molecule has 0 aliphatic carbocycles. The van der Waals surface area contributed by atoms with Crippen LogP contribution in [0.2, 0.25) is 0 Å². The molecule has 3 aromatic rings. The molecule has 9 heteroatoms. The molecule has 0 saturated carbocycles. The van der Waals surface area contributed by atoms with E-state index in [9.17, 15) is 14.9 Å². The molecular formula is C24H27N5O3S. The van der Waals surface area contributed by atoms with Gasteiger partial charge in [0.15, 0.2) is 10.8 Å². The molecule has 0 fully saturated rings. The molecule has 172 valence electrons. The van der Waals surface area contributed by atoms with Gasteiger partial charge in [0.05, 0.1) is 17.9 Å². The Balaban J connectivity index is 2.37. The number of fused-ring (bicyclic) bond motifs is 1. The molecule has 8 nitrogen and oxygen atoms in total. The molecule has 0 aliphatic rings. The number of rotatable bonds is 10. The van der Waals surface area contributed by atoms with Crippen LogP contribution in [0.1, 0.15) is 44.7 Å². The van der Waals surface area contributed by atoms with Crippen LogP contribution in [0.15, 0.2) is 46.4 Å². The summed E-state index contributed by atoms with van der Waals surface area (Å²) in [5.41, 5.74) is 1.64. The van der Waals surface area contributed by atoms with Crippen LogP contribution in [0.4, 0.5) is 5.69 Å². The van der Waals surface area contributed by atoms with Crippen molar-refractivity contribution in [2.24, 2.45) is 0 Å². The van der Waals surface area contributed by atoms with E-state index >= 15 is 0 Å². The molecule has 2 heterocycles. The fraction of sp³-hybridized carbons (Fsp3) is 0.333. The van der Waals surface area contributed by atoms with Gasteiger partial charge >= 0.3 is 5.97 Å². The van der Waals surface area contributed by atoms with E-state index in [2.05, 4.69) is 23.4 Å². The van der Waals surface area contributed by atoms with Gasteiger partial charge in [0.1, 0.15) is 11.6 Å². The summed E-state index contributed by atoms with van der Waals surface area (Å²) in [5.74, 6) is 0.182. The van der Waals surface area contributed by atoms with Crippen molar-refractivity contribution in [3.05, 3.63) is 57.9 Å². The summed E-state index contributed by atoms with van der Waals surface area (Å²) < 4.78 is 8.04. The highest BCUT2D eigenvalue weighted by atomic mass is 32.2. The summed E-state index contributed by atoms with van der Waals surface area (Å²) in [5, 5.41) is 18.6. The third-order valence-electron chi connectivity index (χ3n) is 4.86. The highest BCUT2D eigenvalue weighted by Gasteiger charge is 2.24. The molecule has 0 bridgehead atoms. The molecule has 0 radical (unpaired) electrons. The number of nitrogens with zero attached hydrogens (tertiary/aromatic N) is 4. The number of aromatic nitrogens is 3. The third-order valence-corrected chi connectivity index (χ3v) is 5.67. The number of anilines is 1. The van der Waals surface area contributed by atoms with Crippen molar-refractivity contribution < 1.29 is 9.53 Å². The Labute approximate surface area is 196 Å². The molecule has 0 unspecified atom stereocenters. The van der Waals surface area contributed by atoms with Crippen molar-refractivity contribution in [2.45, 2.75) is 38.8 Å². The number of thioether (sulfide) groups is 1. The first kappa shape index (κ1) is 24.1. The molecule has 0 spiro atoms. The lowest BCUT2D eigenvalue weighted by atomic mass is 10.1. The molecular weight excluding hydrogens is 438 g/mol. The van der Waals surface area contributed by atoms with Crippen LogP contribution in [0.5, 0.6) is 0 Å². The van der Waals surface area contributed by atoms with Crippen LogP contribution in [0.3, 0.4) is 0 Å². The zero-order valence-electron chi connectivity index (χ0n) is 19.0. The number of esters is 1. The largest absolute Gasteiger partial charge is 0.463 e. The Morgan fingerprint density at radius 3 is 2.67 bits per heavy atom. The third kappa shape index (κ3) is 5.12. The minimum Gasteiger partial charge on any atom is -0.463 e. The molecule has 0 atom stereocenters. The van der Waals surface area contributed by atoms with Crippen LogP contribution in [-0.2, 0) is 9.53 Å². The molecule has 3 rings (SSSR count). The summed E-state index contributed by atoms with van der Waals surface area (Å²) >= 11 is 1.48. The molecule has 33 heavy (non-hydrogen) atoms. The Morgan fingerprint density at radius 2 is 2.03 bits per heavy atom. The van der Waals surface area contributed by atoms with Gasteiger partial charge in [-0.15, -0.1) is 5.10 Å². The number of nitriles is 1. The summed E-state index contributed by atoms with van der Waals surface area (Å²) in [7, 11) is 0. The number of carbonyl (C=O) groups excluding carboxylic acids is 1. The highest BCUT2D eigenvalue weighted by molar-refractivity contribution is 7.99. The van der Waals surface area contributed by atoms with Gasteiger partial charge in [-0.05, 0) is 37.3 Å². The van der Waals surface area contributed by atoms with E-state index in [-0.39, 0.29) is 17.7 Å². The fourth-order valence-electron chi connectivity index (χ4n) is 3.40. The predicted octanol–water partition coefficient (Wildman–Crippen LogP) is 4.26. The van der Waals surface area contributed by atoms with Crippen LogP contribution in [0, 0.1) is 11.3 Å². The Kier molecular flexibility index (Phi) is 8.33. The fourth-order valence-corrected chi connectivity index (χ4v) is 4.12. The van der Waals surface area contributed by atoms with Crippen molar-refractivity contribution in [1.82, 2.24) is 14.2 Å². The number of para-hydroxylation sites is 1. The first-order valence-electron chi connectivity index (χ1n) is 11.0. The molecule has 0 amide bonds. The topological polar surface area (TPSA) is 101 Å². The first-order valence-corrected chi connectivity index (χ1v) is 11.9. The van der Waals surface area contributed by atoms with Crippen LogP contribution in [0.25, 0.3) is 17.4 Å². The van der Waals surface area contributed by atoms with E-state index in [0.29, 0.717) is 23.0 Å². The standard InChI is InChI=1S/C24H27N5O3S/c1-4-7-15-26-21-18(13-14-20(30)32-5-2)23(31)29-22(19(21)16-25)28(24(27-29)33-6-3)17-11-9-8-10-12-17/h8-14,26H,4-7,15H2,1-3H3/b14-13+. The summed E-state index contributed by atoms with van der Waals surface area (Å²) in [4.78, 5) is 25.5. The zero-order chi connectivity index (χ0) is 23.8. The van der Waals surface area contributed by atoms with Gasteiger partial charge in [0.2, 0.25) is 0 Å². The molecule has 1 aromatic carbocycles. The normalized spacial score (nSPS) is 11.1. The molecule has 0 saturated heterocycles. The smallest absolute Gasteiger partial charge is 0.330 e. The van der Waals surface area contributed by atoms with Crippen molar-refractivity contribution in [3.63, 3.8) is 0 Å². The van der Waals surface area contributed by atoms with Crippen LogP contribution in [-0.4, -0.2) is 39.1 Å². The van der Waals surface area contributed by atoms with Crippen molar-refractivity contribution in [2.75, 3.05) is 24.2 Å². The SMILES string of the molecule is CCCCNc1c(/C=C/C(=O)OCC)c(=O)n2nc(SCC)n(-c3ccccc3)c2c1C#N. The number of nitrogens with one attached hydrogen (secondary N) is 1. The van der Waals surface area contributed by atoms with E-state index < -0.39 is 11.5 Å². The highest BCUT2D eigenvalue weighted by Crippen LogP contribution is 2.30. The minimum atomic E-state index is -0.558. The summed E-state index contributed by atoms with van der Waals surface area (Å²) in [6.45, 7) is 6.58. The first-order chi connectivity index (χ1) is 16.1. The predicted molar refractivity (Wildman–Crippen MR) is 131 cm³/mol. The molecule has 1 N–H and O–H groups in total. The van der Waals surface area contributed by atoms with Crippen LogP contribution < -0.4 is 10.9 Å². The van der Waals surface area contributed by atoms with Gasteiger partial charge in [-0.1, -0.05) is 50.2 Å². The van der Waals surface area contributed by atoms with Crippen molar-refractivity contribution >= 4 is 35.1 Å². The average molecular weight is 466 g/mol. The maximum atomic E-state index is 13.5. The number of pyridine rings is 1. The number of carbonyl (C=O) groups is 1. The summed E-state index contributed by atoms with van der Waals surface area (Å²) in [6.07, 6.45) is 4.41. The van der Waals surface area contributed by atoms with Gasteiger partial charge in [-0.3, -0.25) is 9.36 Å². The number of hydrogen-bond acceptors (Lipinski definition) is 7. The van der Waals surface area contributed by atoms with E-state index in [4.69, 9.17) is 4.74 Å². The van der Waals surface area contributed by atoms with E-state index in [1.54, 1.807) is 6.92 Å². The lowest BCUT2D eigenvalue weighted by Crippen LogP contribution is -2.22. The van der Waals surface area contributed by atoms with Gasteiger partial charge in [-0.2, -0.15) is 9.78 Å². The van der Waals surface area contributed by atoms with Crippen molar-refractivity contribution in [3.8, 4) is 11.8 Å². The maximum absolute atomic E-state index is 13.5. The number of ether oxygens (including phenoxy) is 1. The lowest BCUT2D eigenvalue weighted by molar-refractivity contribution is -0.137. The van der Waals surface area contributed by atoms with Gasteiger partial charge in [0, 0.05) is 18.3 Å². The Bertz CT molecular complexity index is 1260.